The first-order chi connectivity index (χ1) is 14.2. The molecule has 4 nitrogen and oxygen atoms in total. The summed E-state index contributed by atoms with van der Waals surface area (Å²) in [6.07, 6.45) is 1.65. The van der Waals surface area contributed by atoms with E-state index in [4.69, 9.17) is 9.40 Å². The Kier molecular flexibility index (Phi) is 4.45. The third kappa shape index (κ3) is 3.13. The number of nitrogens with zero attached hydrogens (tertiary/aromatic N) is 2. The number of halogens is 1. The van der Waals surface area contributed by atoms with E-state index >= 15 is 0 Å². The van der Waals surface area contributed by atoms with Crippen molar-refractivity contribution in [2.24, 2.45) is 0 Å². The topological polar surface area (TPSA) is 51.2 Å². The number of imidazole rings is 1. The molecule has 0 saturated carbocycles. The monoisotopic (exact) mass is 444 g/mol. The molecule has 0 aliphatic carbocycles. The second-order valence-electron chi connectivity index (χ2n) is 6.79. The van der Waals surface area contributed by atoms with Gasteiger partial charge in [-0.1, -0.05) is 58.4 Å². The predicted molar refractivity (Wildman–Crippen MR) is 117 cm³/mol. The first-order valence-corrected chi connectivity index (χ1v) is 10.1. The van der Waals surface area contributed by atoms with Gasteiger partial charge >= 0.3 is 0 Å². The highest BCUT2D eigenvalue weighted by Gasteiger charge is 2.26. The highest BCUT2D eigenvalue weighted by molar-refractivity contribution is 9.10. The summed E-state index contributed by atoms with van der Waals surface area (Å²) in [6.45, 7) is 0. The molecule has 0 bridgehead atoms. The lowest BCUT2D eigenvalue weighted by atomic mass is 9.97. The molecule has 1 atom stereocenters. The van der Waals surface area contributed by atoms with Crippen LogP contribution in [0.25, 0.3) is 22.6 Å². The number of phenolic OH excluding ortho intramolecular Hbond substituents is 1. The summed E-state index contributed by atoms with van der Waals surface area (Å²) in [4.78, 5) is 4.86. The molecular formula is C24H17BrN2O2. The molecule has 2 heterocycles. The zero-order chi connectivity index (χ0) is 19.8. The number of para-hydroxylation sites is 2. The van der Waals surface area contributed by atoms with Gasteiger partial charge in [-0.05, 0) is 48.0 Å². The molecule has 0 fully saturated rings. The summed E-state index contributed by atoms with van der Waals surface area (Å²) in [5, 5.41) is 10.8. The second kappa shape index (κ2) is 7.26. The molecule has 1 unspecified atom stereocenters. The number of aromatic hydroxyl groups is 1. The number of rotatable bonds is 4. The van der Waals surface area contributed by atoms with Crippen molar-refractivity contribution in [2.75, 3.05) is 0 Å². The minimum Gasteiger partial charge on any atom is -0.508 e. The van der Waals surface area contributed by atoms with Gasteiger partial charge in [-0.25, -0.2) is 4.98 Å². The molecule has 5 aromatic rings. The Morgan fingerprint density at radius 3 is 2.48 bits per heavy atom. The third-order valence-electron chi connectivity index (χ3n) is 5.00. The van der Waals surface area contributed by atoms with E-state index in [0.29, 0.717) is 11.6 Å². The summed E-state index contributed by atoms with van der Waals surface area (Å²) in [5.41, 5.74) is 3.65. The van der Waals surface area contributed by atoms with Crippen molar-refractivity contribution >= 4 is 27.0 Å². The molecular weight excluding hydrogens is 428 g/mol. The molecule has 0 aliphatic rings. The average Bonchev–Trinajstić information content (AvgIpc) is 3.40. The molecule has 5 heteroatoms. The first-order valence-electron chi connectivity index (χ1n) is 9.26. The Labute approximate surface area is 176 Å². The maximum absolute atomic E-state index is 10.8. The lowest BCUT2D eigenvalue weighted by Crippen LogP contribution is -2.14. The van der Waals surface area contributed by atoms with Crippen LogP contribution in [0.3, 0.4) is 0 Å². The lowest BCUT2D eigenvalue weighted by Gasteiger charge is -2.23. The quantitative estimate of drug-likeness (QED) is 0.348. The fourth-order valence-electron chi connectivity index (χ4n) is 3.73. The van der Waals surface area contributed by atoms with Gasteiger partial charge in [-0.15, -0.1) is 0 Å². The van der Waals surface area contributed by atoms with Gasteiger partial charge in [0.15, 0.2) is 11.6 Å². The van der Waals surface area contributed by atoms with Crippen LogP contribution in [-0.4, -0.2) is 14.7 Å². The Hall–Kier alpha value is -3.31. The summed E-state index contributed by atoms with van der Waals surface area (Å²) < 4.78 is 8.74. The molecule has 29 heavy (non-hydrogen) atoms. The summed E-state index contributed by atoms with van der Waals surface area (Å²) in [7, 11) is 0. The summed E-state index contributed by atoms with van der Waals surface area (Å²) in [6, 6.07) is 27.1. The number of aromatic nitrogens is 2. The van der Waals surface area contributed by atoms with Crippen molar-refractivity contribution in [3.63, 3.8) is 0 Å². The Morgan fingerprint density at radius 1 is 0.897 bits per heavy atom. The van der Waals surface area contributed by atoms with Gasteiger partial charge in [0.1, 0.15) is 5.75 Å². The number of phenols is 1. The van der Waals surface area contributed by atoms with Gasteiger partial charge in [-0.3, -0.25) is 0 Å². The van der Waals surface area contributed by atoms with Crippen LogP contribution in [0.1, 0.15) is 17.2 Å². The molecule has 0 spiro atoms. The van der Waals surface area contributed by atoms with Gasteiger partial charge in [0.2, 0.25) is 0 Å². The van der Waals surface area contributed by atoms with Gasteiger partial charge in [0.25, 0.3) is 0 Å². The molecule has 0 radical (unpaired) electrons. The van der Waals surface area contributed by atoms with Crippen LogP contribution in [0.4, 0.5) is 0 Å². The van der Waals surface area contributed by atoms with Crippen molar-refractivity contribution in [1.82, 2.24) is 9.55 Å². The van der Waals surface area contributed by atoms with Crippen LogP contribution in [0.2, 0.25) is 0 Å². The number of hydrogen-bond donors (Lipinski definition) is 1. The minimum absolute atomic E-state index is 0.227. The normalized spacial score (nSPS) is 12.3. The van der Waals surface area contributed by atoms with E-state index in [-0.39, 0.29) is 11.8 Å². The van der Waals surface area contributed by atoms with Crippen LogP contribution in [0, 0.1) is 0 Å². The zero-order valence-electron chi connectivity index (χ0n) is 15.4. The first kappa shape index (κ1) is 17.8. The van der Waals surface area contributed by atoms with Crippen LogP contribution < -0.4 is 0 Å². The number of benzene rings is 3. The Morgan fingerprint density at radius 2 is 1.69 bits per heavy atom. The van der Waals surface area contributed by atoms with Gasteiger partial charge in [-0.2, -0.15) is 0 Å². The minimum atomic E-state index is -0.291. The predicted octanol–water partition coefficient (Wildman–Crippen LogP) is 6.40. The maximum atomic E-state index is 10.8. The molecule has 0 saturated heterocycles. The van der Waals surface area contributed by atoms with E-state index in [1.165, 1.54) is 0 Å². The molecule has 142 valence electrons. The number of fused-ring (bicyclic) bond motifs is 1. The smallest absolute Gasteiger partial charge is 0.178 e. The molecule has 3 aromatic carbocycles. The second-order valence-corrected chi connectivity index (χ2v) is 7.70. The average molecular weight is 445 g/mol. The van der Waals surface area contributed by atoms with Crippen molar-refractivity contribution in [3.05, 3.63) is 107 Å². The van der Waals surface area contributed by atoms with E-state index in [1.54, 1.807) is 12.3 Å². The van der Waals surface area contributed by atoms with E-state index in [9.17, 15) is 5.11 Å². The largest absolute Gasteiger partial charge is 0.508 e. The van der Waals surface area contributed by atoms with E-state index in [1.807, 2.05) is 66.7 Å². The Balaban J connectivity index is 1.87. The van der Waals surface area contributed by atoms with E-state index in [0.717, 1.165) is 26.6 Å². The van der Waals surface area contributed by atoms with Crippen molar-refractivity contribution in [2.45, 2.75) is 6.04 Å². The van der Waals surface area contributed by atoms with Crippen molar-refractivity contribution in [3.8, 4) is 17.3 Å². The highest BCUT2D eigenvalue weighted by atomic mass is 79.9. The van der Waals surface area contributed by atoms with Crippen LogP contribution >= 0.6 is 15.9 Å². The third-order valence-corrected chi connectivity index (χ3v) is 5.49. The molecule has 2 aromatic heterocycles. The van der Waals surface area contributed by atoms with Crippen molar-refractivity contribution in [1.29, 1.82) is 0 Å². The van der Waals surface area contributed by atoms with Crippen LogP contribution in [0.5, 0.6) is 5.75 Å². The number of furan rings is 1. The lowest BCUT2D eigenvalue weighted by molar-refractivity contribution is 0.460. The van der Waals surface area contributed by atoms with E-state index < -0.39 is 0 Å². The molecule has 0 amide bonds. The molecule has 0 aliphatic heterocycles. The van der Waals surface area contributed by atoms with Gasteiger partial charge in [0.05, 0.1) is 23.3 Å². The zero-order valence-corrected chi connectivity index (χ0v) is 17.0. The van der Waals surface area contributed by atoms with Crippen LogP contribution in [0.15, 0.2) is 100 Å². The highest BCUT2D eigenvalue weighted by Crippen LogP contribution is 2.39. The van der Waals surface area contributed by atoms with Gasteiger partial charge in [0, 0.05) is 10.0 Å². The Bertz CT molecular complexity index is 1280. The number of hydrogen-bond acceptors (Lipinski definition) is 3. The van der Waals surface area contributed by atoms with Crippen molar-refractivity contribution < 1.29 is 9.52 Å². The SMILES string of the molecule is Oc1ccc(Br)cc1C(c1ccccc1)n1c(-c2ccco2)nc2ccccc21. The fourth-order valence-corrected chi connectivity index (χ4v) is 4.11. The van der Waals surface area contributed by atoms with Crippen LogP contribution in [-0.2, 0) is 0 Å². The van der Waals surface area contributed by atoms with E-state index in [2.05, 4.69) is 32.6 Å². The molecule has 5 rings (SSSR count). The van der Waals surface area contributed by atoms with Gasteiger partial charge < -0.3 is 14.1 Å². The fraction of sp³-hybridized carbons (Fsp3) is 0.0417. The standard InChI is InChI=1S/C24H17BrN2O2/c25-17-12-13-21(28)18(15-17)23(16-7-2-1-3-8-16)27-20-10-5-4-9-19(20)26-24(27)22-11-6-14-29-22/h1-15,23,28H. The molecule has 1 N–H and O–H groups in total. The maximum Gasteiger partial charge on any atom is 0.178 e. The summed E-state index contributed by atoms with van der Waals surface area (Å²) >= 11 is 3.55. The summed E-state index contributed by atoms with van der Waals surface area (Å²) in [5.74, 6) is 1.62.